The van der Waals surface area contributed by atoms with Crippen LogP contribution in [-0.2, 0) is 23.1 Å². The molecular formula is C13H25O6P. The zero-order valence-electron chi connectivity index (χ0n) is 12.5. The molecule has 1 N–H and O–H groups in total. The molecule has 0 saturated heterocycles. The monoisotopic (exact) mass is 308 g/mol. The maximum absolute atomic E-state index is 11.7. The lowest BCUT2D eigenvalue weighted by Gasteiger charge is -2.19. The van der Waals surface area contributed by atoms with Crippen LogP contribution in [0, 0.1) is 0 Å². The molecule has 0 saturated carbocycles. The highest BCUT2D eigenvalue weighted by molar-refractivity contribution is 7.47. The molecule has 2 unspecified atom stereocenters. The smallest absolute Gasteiger partial charge is 0.432 e. The van der Waals surface area contributed by atoms with E-state index in [-0.39, 0.29) is 18.6 Å². The van der Waals surface area contributed by atoms with Gasteiger partial charge in [-0.15, -0.1) is 0 Å². The predicted octanol–water partition coefficient (Wildman–Crippen LogP) is 3.56. The van der Waals surface area contributed by atoms with Gasteiger partial charge in [0.25, 0.3) is 0 Å². The summed E-state index contributed by atoms with van der Waals surface area (Å²) in [5.41, 5.74) is 0.195. The lowest BCUT2D eigenvalue weighted by Crippen LogP contribution is -2.20. The third-order valence-electron chi connectivity index (χ3n) is 2.42. The van der Waals surface area contributed by atoms with Crippen LogP contribution in [0.15, 0.2) is 12.2 Å². The lowest BCUT2D eigenvalue weighted by atomic mass is 10.2. The van der Waals surface area contributed by atoms with Gasteiger partial charge in [-0.05, 0) is 13.3 Å². The summed E-state index contributed by atoms with van der Waals surface area (Å²) in [5, 5.41) is 0. The Hall–Kier alpha value is -0.680. The van der Waals surface area contributed by atoms with Gasteiger partial charge in [0.05, 0.1) is 6.61 Å². The molecule has 0 radical (unpaired) electrons. The highest BCUT2D eigenvalue weighted by Gasteiger charge is 2.28. The van der Waals surface area contributed by atoms with Crippen molar-refractivity contribution in [1.82, 2.24) is 0 Å². The first-order chi connectivity index (χ1) is 9.32. The summed E-state index contributed by atoms with van der Waals surface area (Å²) in [6, 6.07) is 0. The Morgan fingerprint density at radius 1 is 1.30 bits per heavy atom. The van der Waals surface area contributed by atoms with Crippen molar-refractivity contribution in [3.05, 3.63) is 12.2 Å². The van der Waals surface area contributed by atoms with Crippen LogP contribution >= 0.6 is 7.82 Å². The molecule has 0 aliphatic carbocycles. The predicted molar refractivity (Wildman–Crippen MR) is 76.0 cm³/mol. The Bertz CT molecular complexity index is 355. The Labute approximate surface area is 120 Å². The van der Waals surface area contributed by atoms with Crippen LogP contribution in [0.2, 0.25) is 0 Å². The molecule has 0 aliphatic heterocycles. The van der Waals surface area contributed by atoms with E-state index in [1.807, 2.05) is 0 Å². The summed E-state index contributed by atoms with van der Waals surface area (Å²) in [5.74, 6) is -0.667. The summed E-state index contributed by atoms with van der Waals surface area (Å²) >= 11 is 0. The van der Waals surface area contributed by atoms with Gasteiger partial charge in [0.15, 0.2) is 0 Å². The van der Waals surface area contributed by atoms with E-state index in [1.54, 1.807) is 6.92 Å². The van der Waals surface area contributed by atoms with Crippen LogP contribution in [0.4, 0.5) is 0 Å². The first-order valence-electron chi connectivity index (χ1n) is 6.84. The van der Waals surface area contributed by atoms with Gasteiger partial charge in [-0.2, -0.15) is 0 Å². The number of unbranched alkanes of at least 4 members (excludes halogenated alkanes) is 3. The summed E-state index contributed by atoms with van der Waals surface area (Å²) in [7, 11) is -4.21. The van der Waals surface area contributed by atoms with Crippen LogP contribution in [-0.4, -0.2) is 23.8 Å². The number of carbonyl (C=O) groups is 1. The average molecular weight is 308 g/mol. The van der Waals surface area contributed by atoms with Gasteiger partial charge in [-0.3, -0.25) is 4.52 Å². The minimum atomic E-state index is -4.21. The Morgan fingerprint density at radius 2 is 1.95 bits per heavy atom. The minimum absolute atomic E-state index is 0.138. The number of hydrogen-bond acceptors (Lipinski definition) is 5. The maximum atomic E-state index is 11.7. The first-order valence-corrected chi connectivity index (χ1v) is 8.34. The van der Waals surface area contributed by atoms with E-state index in [9.17, 15) is 14.3 Å². The number of ether oxygens (including phenoxy) is 1. The summed E-state index contributed by atoms with van der Waals surface area (Å²) in [6.45, 7) is 8.78. The molecular weight excluding hydrogens is 283 g/mol. The molecule has 0 amide bonds. The summed E-state index contributed by atoms with van der Waals surface area (Å²) in [4.78, 5) is 20.8. The molecule has 0 rings (SSSR count). The number of phosphoric ester groups is 1. The molecule has 0 aromatic rings. The van der Waals surface area contributed by atoms with Crippen LogP contribution < -0.4 is 0 Å². The zero-order valence-corrected chi connectivity index (χ0v) is 13.4. The number of esters is 1. The maximum Gasteiger partial charge on any atom is 0.475 e. The van der Waals surface area contributed by atoms with Crippen molar-refractivity contribution in [2.45, 2.75) is 59.2 Å². The molecule has 118 valence electrons. The SMILES string of the molecule is C=C(C)C(=O)OC(CC)OP(=O)(O)OCCCCCC. The van der Waals surface area contributed by atoms with Crippen molar-refractivity contribution in [2.24, 2.45) is 0 Å². The number of rotatable bonds is 11. The minimum Gasteiger partial charge on any atom is -0.432 e. The van der Waals surface area contributed by atoms with Gasteiger partial charge < -0.3 is 9.63 Å². The summed E-state index contributed by atoms with van der Waals surface area (Å²) < 4.78 is 26.2. The molecule has 0 aromatic carbocycles. The molecule has 0 spiro atoms. The van der Waals surface area contributed by atoms with E-state index in [0.29, 0.717) is 6.42 Å². The Kier molecular flexibility index (Phi) is 9.76. The van der Waals surface area contributed by atoms with Crippen molar-refractivity contribution in [3.8, 4) is 0 Å². The fourth-order valence-electron chi connectivity index (χ4n) is 1.29. The fourth-order valence-corrected chi connectivity index (χ4v) is 2.20. The Morgan fingerprint density at radius 3 is 2.45 bits per heavy atom. The van der Waals surface area contributed by atoms with Crippen molar-refractivity contribution >= 4 is 13.8 Å². The second-order valence-electron chi connectivity index (χ2n) is 4.49. The van der Waals surface area contributed by atoms with Crippen molar-refractivity contribution < 1.29 is 28.0 Å². The Balaban J connectivity index is 4.16. The van der Waals surface area contributed by atoms with Crippen LogP contribution in [0.5, 0.6) is 0 Å². The van der Waals surface area contributed by atoms with Gasteiger partial charge in [0.1, 0.15) is 0 Å². The fraction of sp³-hybridized carbons (Fsp3) is 0.769. The molecule has 20 heavy (non-hydrogen) atoms. The third-order valence-corrected chi connectivity index (χ3v) is 3.43. The molecule has 0 fully saturated rings. The van der Waals surface area contributed by atoms with Gasteiger partial charge in [-0.1, -0.05) is 39.7 Å². The third kappa shape index (κ3) is 9.26. The van der Waals surface area contributed by atoms with Gasteiger partial charge >= 0.3 is 13.8 Å². The van der Waals surface area contributed by atoms with Crippen LogP contribution in [0.25, 0.3) is 0 Å². The number of carbonyl (C=O) groups excluding carboxylic acids is 1. The normalized spacial score (nSPS) is 15.4. The lowest BCUT2D eigenvalue weighted by molar-refractivity contribution is -0.161. The van der Waals surface area contributed by atoms with Crippen LogP contribution in [0.3, 0.4) is 0 Å². The van der Waals surface area contributed by atoms with Gasteiger partial charge in [0, 0.05) is 12.0 Å². The second-order valence-corrected chi connectivity index (χ2v) is 5.90. The van der Waals surface area contributed by atoms with E-state index in [0.717, 1.165) is 19.3 Å². The van der Waals surface area contributed by atoms with E-state index >= 15 is 0 Å². The van der Waals surface area contributed by atoms with Crippen molar-refractivity contribution in [2.75, 3.05) is 6.61 Å². The van der Waals surface area contributed by atoms with Gasteiger partial charge in [0.2, 0.25) is 6.29 Å². The van der Waals surface area contributed by atoms with E-state index in [4.69, 9.17) is 13.8 Å². The quantitative estimate of drug-likeness (QED) is 0.207. The van der Waals surface area contributed by atoms with Crippen molar-refractivity contribution in [3.63, 3.8) is 0 Å². The van der Waals surface area contributed by atoms with Crippen molar-refractivity contribution in [1.29, 1.82) is 0 Å². The molecule has 0 aliphatic rings. The molecule has 0 heterocycles. The molecule has 6 nitrogen and oxygen atoms in total. The zero-order chi connectivity index (χ0) is 15.6. The highest BCUT2D eigenvalue weighted by atomic mass is 31.2. The molecule has 7 heteroatoms. The van der Waals surface area contributed by atoms with Gasteiger partial charge in [-0.25, -0.2) is 13.9 Å². The molecule has 0 bridgehead atoms. The largest absolute Gasteiger partial charge is 0.475 e. The number of hydrogen-bond donors (Lipinski definition) is 1. The van der Waals surface area contributed by atoms with E-state index < -0.39 is 20.1 Å². The second kappa shape index (κ2) is 10.1. The van der Waals surface area contributed by atoms with E-state index in [1.165, 1.54) is 6.92 Å². The molecule has 2 atom stereocenters. The topological polar surface area (TPSA) is 82.1 Å². The standard InChI is InChI=1S/C13H25O6P/c1-5-7-8-9-10-17-20(15,16)19-12(6-2)18-13(14)11(3)4/h12H,3,5-10H2,1-2,4H3,(H,15,16). The highest BCUT2D eigenvalue weighted by Crippen LogP contribution is 2.45. The van der Waals surface area contributed by atoms with Crippen LogP contribution in [0.1, 0.15) is 52.9 Å². The molecule has 0 aromatic heterocycles. The summed E-state index contributed by atoms with van der Waals surface area (Å²) in [6.07, 6.45) is 2.85. The van der Waals surface area contributed by atoms with E-state index in [2.05, 4.69) is 13.5 Å². The first kappa shape index (κ1) is 19.3. The number of phosphoric acid groups is 1. The average Bonchev–Trinajstić information content (AvgIpc) is 2.37.